The van der Waals surface area contributed by atoms with E-state index in [0.29, 0.717) is 6.42 Å². The Bertz CT molecular complexity index is 575. The molecule has 1 heterocycles. The minimum atomic E-state index is -4.73. The molecule has 0 spiro atoms. The summed E-state index contributed by atoms with van der Waals surface area (Å²) in [4.78, 5) is 13.1. The third-order valence-corrected chi connectivity index (χ3v) is 4.60. The van der Waals surface area contributed by atoms with Crippen LogP contribution in [0.15, 0.2) is 30.3 Å². The van der Waals surface area contributed by atoms with E-state index < -0.39 is 27.4 Å². The third kappa shape index (κ3) is 3.34. The second kappa shape index (κ2) is 5.88. The van der Waals surface area contributed by atoms with Crippen molar-refractivity contribution in [3.63, 3.8) is 0 Å². The van der Waals surface area contributed by atoms with Crippen molar-refractivity contribution < 1.29 is 22.2 Å². The molecule has 0 aromatic heterocycles. The number of hydrogen-bond donors (Lipinski definition) is 1. The molecular weight excluding hydrogens is 285 g/mol. The smallest absolute Gasteiger partial charge is 0.307 e. The van der Waals surface area contributed by atoms with Gasteiger partial charge in [0.2, 0.25) is 5.91 Å². The van der Waals surface area contributed by atoms with Crippen molar-refractivity contribution in [1.29, 1.82) is 0 Å². The quantitative estimate of drug-likeness (QED) is 0.803. The Morgan fingerprint density at radius 3 is 2.50 bits per heavy atom. The third-order valence-electron chi connectivity index (χ3n) is 3.49. The van der Waals surface area contributed by atoms with E-state index in [-0.39, 0.29) is 19.6 Å². The van der Waals surface area contributed by atoms with Gasteiger partial charge in [-0.2, -0.15) is 8.42 Å². The maximum Gasteiger partial charge on any atom is 0.307 e. The molecule has 1 amide bonds. The Labute approximate surface area is 117 Å². The Hall–Kier alpha value is -1.47. The second-order valence-corrected chi connectivity index (χ2v) is 6.49. The number of carbonyl (C=O) groups is 1. The predicted molar refractivity (Wildman–Crippen MR) is 71.2 cm³/mol. The Balaban J connectivity index is 2.11. The molecule has 0 aliphatic carbocycles. The van der Waals surface area contributed by atoms with Gasteiger partial charge in [-0.25, -0.2) is 0 Å². The van der Waals surface area contributed by atoms with Crippen LogP contribution in [0.2, 0.25) is 0 Å². The summed E-state index contributed by atoms with van der Waals surface area (Å²) in [5.74, 6) is -0.439. The van der Waals surface area contributed by atoms with Crippen LogP contribution in [-0.2, 0) is 21.4 Å². The fourth-order valence-corrected chi connectivity index (χ4v) is 3.08. The van der Waals surface area contributed by atoms with E-state index in [1.807, 2.05) is 30.3 Å². The number of rotatable bonds is 5. The highest BCUT2D eigenvalue weighted by molar-refractivity contribution is 7.87. The normalized spacial score (nSPS) is 21.2. The summed E-state index contributed by atoms with van der Waals surface area (Å²) in [6, 6.07) is 8.70. The van der Waals surface area contributed by atoms with Crippen LogP contribution in [0, 0.1) is 0 Å². The van der Waals surface area contributed by atoms with Gasteiger partial charge in [-0.1, -0.05) is 30.3 Å². The van der Waals surface area contributed by atoms with Crippen LogP contribution >= 0.6 is 0 Å². The summed E-state index contributed by atoms with van der Waals surface area (Å²) in [5.41, 5.74) is 0.922. The number of carbonyl (C=O) groups excluding carboxylic acids is 1. The molecule has 1 N–H and O–H groups in total. The summed E-state index contributed by atoms with van der Waals surface area (Å²) in [6.07, 6.45) is 0.0479. The molecule has 0 radical (unpaired) electrons. The van der Waals surface area contributed by atoms with Crippen LogP contribution < -0.4 is 0 Å². The van der Waals surface area contributed by atoms with E-state index in [0.717, 1.165) is 5.56 Å². The van der Waals surface area contributed by atoms with Gasteiger partial charge in [-0.15, -0.1) is 3.89 Å². The zero-order valence-corrected chi connectivity index (χ0v) is 11.6. The van der Waals surface area contributed by atoms with Crippen LogP contribution in [-0.4, -0.2) is 48.8 Å². The van der Waals surface area contributed by atoms with Gasteiger partial charge in [-0.3, -0.25) is 4.79 Å². The first-order chi connectivity index (χ1) is 9.41. The molecule has 1 saturated heterocycles. The maximum atomic E-state index is 13.0. The van der Waals surface area contributed by atoms with Crippen LogP contribution in [0.4, 0.5) is 3.89 Å². The van der Waals surface area contributed by atoms with Crippen molar-refractivity contribution in [1.82, 2.24) is 4.90 Å². The standard InChI is InChI=1S/C13H16FNO4S/c14-20(18,19)12-7-13(17)15(8-12)11(9-16)6-10-4-2-1-3-5-10/h1-5,11-12,16H,6-9H2/t11-,12?/m0/s1. The van der Waals surface area contributed by atoms with Gasteiger partial charge in [0.15, 0.2) is 0 Å². The largest absolute Gasteiger partial charge is 0.394 e. The summed E-state index contributed by atoms with van der Waals surface area (Å²) in [7, 11) is -4.73. The molecular formula is C13H16FNO4S. The minimum Gasteiger partial charge on any atom is -0.394 e. The van der Waals surface area contributed by atoms with Gasteiger partial charge < -0.3 is 10.0 Å². The maximum absolute atomic E-state index is 13.0. The summed E-state index contributed by atoms with van der Waals surface area (Å²) < 4.78 is 34.7. The average Bonchev–Trinajstić information content (AvgIpc) is 2.79. The highest BCUT2D eigenvalue weighted by Gasteiger charge is 2.41. The van der Waals surface area contributed by atoms with Gasteiger partial charge in [0.1, 0.15) is 5.25 Å². The number of amides is 1. The lowest BCUT2D eigenvalue weighted by Gasteiger charge is -2.26. The van der Waals surface area contributed by atoms with Crippen LogP contribution in [0.3, 0.4) is 0 Å². The van der Waals surface area contributed by atoms with Crippen LogP contribution in [0.25, 0.3) is 0 Å². The zero-order valence-electron chi connectivity index (χ0n) is 10.8. The summed E-state index contributed by atoms with van der Waals surface area (Å²) in [6.45, 7) is -0.491. The van der Waals surface area contributed by atoms with E-state index in [9.17, 15) is 22.2 Å². The number of likely N-dealkylation sites (tertiary alicyclic amines) is 1. The van der Waals surface area contributed by atoms with Crippen molar-refractivity contribution >= 4 is 16.1 Å². The predicted octanol–water partition coefficient (Wildman–Crippen LogP) is 0.490. The fraction of sp³-hybridized carbons (Fsp3) is 0.462. The molecule has 2 atom stereocenters. The van der Waals surface area contributed by atoms with E-state index >= 15 is 0 Å². The van der Waals surface area contributed by atoms with Gasteiger partial charge in [0, 0.05) is 13.0 Å². The molecule has 1 fully saturated rings. The Morgan fingerprint density at radius 2 is 2.00 bits per heavy atom. The van der Waals surface area contributed by atoms with Gasteiger partial charge in [0.05, 0.1) is 12.6 Å². The molecule has 1 unspecified atom stereocenters. The molecule has 7 heteroatoms. The van der Waals surface area contributed by atoms with E-state index in [1.165, 1.54) is 4.90 Å². The first-order valence-corrected chi connectivity index (χ1v) is 7.74. The summed E-state index contributed by atoms with van der Waals surface area (Å²) >= 11 is 0. The van der Waals surface area contributed by atoms with Crippen molar-refractivity contribution in [2.75, 3.05) is 13.2 Å². The zero-order chi connectivity index (χ0) is 14.8. The van der Waals surface area contributed by atoms with Crippen molar-refractivity contribution in [3.8, 4) is 0 Å². The SMILES string of the molecule is O=C1CC(S(=O)(=O)F)CN1[C@H](CO)Cc1ccccc1. The highest BCUT2D eigenvalue weighted by atomic mass is 32.3. The number of aliphatic hydroxyl groups is 1. The van der Waals surface area contributed by atoms with Crippen molar-refractivity contribution in [3.05, 3.63) is 35.9 Å². The lowest BCUT2D eigenvalue weighted by atomic mass is 10.1. The molecule has 0 bridgehead atoms. The van der Waals surface area contributed by atoms with Crippen molar-refractivity contribution in [2.45, 2.75) is 24.1 Å². The van der Waals surface area contributed by atoms with Gasteiger partial charge >= 0.3 is 10.2 Å². The fourth-order valence-electron chi connectivity index (χ4n) is 2.40. The molecule has 5 nitrogen and oxygen atoms in total. The van der Waals surface area contributed by atoms with Gasteiger partial charge in [0.25, 0.3) is 0 Å². The molecule has 1 aromatic rings. The van der Waals surface area contributed by atoms with E-state index in [4.69, 9.17) is 0 Å². The molecule has 20 heavy (non-hydrogen) atoms. The highest BCUT2D eigenvalue weighted by Crippen LogP contribution is 2.23. The first kappa shape index (κ1) is 14.9. The average molecular weight is 301 g/mol. The Kier molecular flexibility index (Phi) is 4.39. The topological polar surface area (TPSA) is 74.7 Å². The van der Waals surface area contributed by atoms with E-state index in [2.05, 4.69) is 0 Å². The minimum absolute atomic E-state index is 0.199. The molecule has 1 aliphatic heterocycles. The van der Waals surface area contributed by atoms with Crippen LogP contribution in [0.1, 0.15) is 12.0 Å². The van der Waals surface area contributed by atoms with Crippen LogP contribution in [0.5, 0.6) is 0 Å². The monoisotopic (exact) mass is 301 g/mol. The summed E-state index contributed by atoms with van der Waals surface area (Å²) in [5, 5.41) is 8.10. The number of halogens is 1. The number of hydrogen-bond acceptors (Lipinski definition) is 4. The number of nitrogens with zero attached hydrogens (tertiary/aromatic N) is 1. The molecule has 0 saturated carbocycles. The lowest BCUT2D eigenvalue weighted by molar-refractivity contribution is -0.130. The molecule has 1 aliphatic rings. The molecule has 110 valence electrons. The second-order valence-electron chi connectivity index (χ2n) is 4.87. The molecule has 1 aromatic carbocycles. The Morgan fingerprint density at radius 1 is 1.35 bits per heavy atom. The lowest BCUT2D eigenvalue weighted by Crippen LogP contribution is -2.41. The van der Waals surface area contributed by atoms with Crippen molar-refractivity contribution in [2.24, 2.45) is 0 Å². The number of benzene rings is 1. The molecule has 2 rings (SSSR count). The van der Waals surface area contributed by atoms with E-state index in [1.54, 1.807) is 0 Å². The number of aliphatic hydroxyl groups excluding tert-OH is 1. The first-order valence-electron chi connectivity index (χ1n) is 6.29. The van der Waals surface area contributed by atoms with Gasteiger partial charge in [-0.05, 0) is 12.0 Å².